The Balaban J connectivity index is 1.43. The van der Waals surface area contributed by atoms with Crippen molar-refractivity contribution in [1.29, 1.82) is 0 Å². The number of carbonyl (C=O) groups excluding carboxylic acids is 1. The fourth-order valence-electron chi connectivity index (χ4n) is 3.37. The summed E-state index contributed by atoms with van der Waals surface area (Å²) >= 11 is 0. The Hall–Kier alpha value is -3.41. The molecule has 148 valence electrons. The first kappa shape index (κ1) is 18.9. The summed E-state index contributed by atoms with van der Waals surface area (Å²) in [5.74, 6) is 2.84. The molecule has 0 radical (unpaired) electrons. The molecule has 0 N–H and O–H groups in total. The monoisotopic (exact) mass is 388 g/mol. The Morgan fingerprint density at radius 3 is 2.28 bits per heavy atom. The molecular formula is C23H24N4O2. The van der Waals surface area contributed by atoms with Crippen LogP contribution in [0, 0.1) is 13.8 Å². The molecule has 0 atom stereocenters. The molecule has 0 bridgehead atoms. The van der Waals surface area contributed by atoms with Crippen molar-refractivity contribution in [3.05, 3.63) is 77.6 Å². The number of amides is 1. The molecule has 3 aromatic rings. The van der Waals surface area contributed by atoms with Gasteiger partial charge in [-0.15, -0.1) is 0 Å². The molecule has 0 saturated carbocycles. The van der Waals surface area contributed by atoms with Crippen LogP contribution in [-0.4, -0.2) is 47.0 Å². The number of aryl methyl sites for hydroxylation is 2. The minimum atomic E-state index is 0.0764. The molecule has 4 rings (SSSR count). The highest BCUT2D eigenvalue weighted by atomic mass is 16.5. The molecule has 2 heterocycles. The van der Waals surface area contributed by atoms with E-state index >= 15 is 0 Å². The average molecular weight is 388 g/mol. The molecule has 0 aliphatic carbocycles. The third-order valence-corrected chi connectivity index (χ3v) is 4.96. The molecule has 0 spiro atoms. The number of rotatable bonds is 4. The summed E-state index contributed by atoms with van der Waals surface area (Å²) in [7, 11) is 0. The van der Waals surface area contributed by atoms with Gasteiger partial charge < -0.3 is 14.5 Å². The maximum Gasteiger partial charge on any atom is 0.253 e. The van der Waals surface area contributed by atoms with Crippen molar-refractivity contribution in [2.24, 2.45) is 0 Å². The van der Waals surface area contributed by atoms with Crippen LogP contribution in [0.2, 0.25) is 0 Å². The molecule has 6 nitrogen and oxygen atoms in total. The first-order chi connectivity index (χ1) is 14.1. The summed E-state index contributed by atoms with van der Waals surface area (Å²) in [4.78, 5) is 25.7. The molecule has 1 aromatic heterocycles. The van der Waals surface area contributed by atoms with Gasteiger partial charge in [0.25, 0.3) is 5.91 Å². The van der Waals surface area contributed by atoms with E-state index in [-0.39, 0.29) is 5.91 Å². The van der Waals surface area contributed by atoms with Gasteiger partial charge in [0.1, 0.15) is 17.4 Å². The average Bonchev–Trinajstić information content (AvgIpc) is 2.75. The van der Waals surface area contributed by atoms with Gasteiger partial charge >= 0.3 is 0 Å². The van der Waals surface area contributed by atoms with Crippen LogP contribution < -0.4 is 9.64 Å². The van der Waals surface area contributed by atoms with E-state index in [2.05, 4.69) is 14.9 Å². The number of carbonyl (C=O) groups is 1. The van der Waals surface area contributed by atoms with E-state index in [1.54, 1.807) is 0 Å². The number of hydrogen-bond acceptors (Lipinski definition) is 5. The lowest BCUT2D eigenvalue weighted by molar-refractivity contribution is 0.0746. The Morgan fingerprint density at radius 1 is 0.897 bits per heavy atom. The fourth-order valence-corrected chi connectivity index (χ4v) is 3.37. The smallest absolute Gasteiger partial charge is 0.253 e. The second kappa shape index (κ2) is 8.31. The second-order valence-electron chi connectivity index (χ2n) is 7.17. The highest BCUT2D eigenvalue weighted by Gasteiger charge is 2.23. The standard InChI is InChI=1S/C23H24N4O2/c1-17-8-10-20(11-9-17)29-22-16-21(24-18(2)25-22)26-12-14-27(15-13-26)23(28)19-6-4-3-5-7-19/h3-11,16H,12-15H2,1-2H3. The Morgan fingerprint density at radius 2 is 1.59 bits per heavy atom. The number of piperazine rings is 1. The van der Waals surface area contributed by atoms with Gasteiger partial charge in [-0.05, 0) is 38.1 Å². The lowest BCUT2D eigenvalue weighted by atomic mass is 10.2. The molecule has 1 amide bonds. The summed E-state index contributed by atoms with van der Waals surface area (Å²) in [6.45, 7) is 6.66. The normalized spacial score (nSPS) is 14.0. The van der Waals surface area contributed by atoms with Gasteiger partial charge in [0.15, 0.2) is 0 Å². The number of aromatic nitrogens is 2. The zero-order chi connectivity index (χ0) is 20.2. The molecule has 1 aliphatic rings. The van der Waals surface area contributed by atoms with Gasteiger partial charge in [0.05, 0.1) is 0 Å². The zero-order valence-electron chi connectivity index (χ0n) is 16.7. The van der Waals surface area contributed by atoms with Gasteiger partial charge in [-0.25, -0.2) is 4.98 Å². The van der Waals surface area contributed by atoms with E-state index in [4.69, 9.17) is 4.74 Å². The van der Waals surface area contributed by atoms with Crippen molar-refractivity contribution >= 4 is 11.7 Å². The van der Waals surface area contributed by atoms with Crippen LogP contribution in [0.5, 0.6) is 11.6 Å². The first-order valence-corrected chi connectivity index (χ1v) is 9.78. The van der Waals surface area contributed by atoms with E-state index in [9.17, 15) is 4.79 Å². The van der Waals surface area contributed by atoms with E-state index in [0.717, 1.165) is 30.2 Å². The topological polar surface area (TPSA) is 58.6 Å². The number of anilines is 1. The second-order valence-corrected chi connectivity index (χ2v) is 7.17. The lowest BCUT2D eigenvalue weighted by Crippen LogP contribution is -2.49. The summed E-state index contributed by atoms with van der Waals surface area (Å²) in [5.41, 5.74) is 1.91. The SMILES string of the molecule is Cc1ccc(Oc2cc(N3CCN(C(=O)c4ccccc4)CC3)nc(C)n2)cc1. The predicted octanol–water partition coefficient (Wildman–Crippen LogP) is 3.85. The minimum Gasteiger partial charge on any atom is -0.439 e. The molecule has 29 heavy (non-hydrogen) atoms. The summed E-state index contributed by atoms with van der Waals surface area (Å²) in [6, 6.07) is 19.2. The van der Waals surface area contributed by atoms with Crippen LogP contribution >= 0.6 is 0 Å². The van der Waals surface area contributed by atoms with E-state index in [1.165, 1.54) is 5.56 Å². The molecule has 6 heteroatoms. The van der Waals surface area contributed by atoms with Crippen LogP contribution in [-0.2, 0) is 0 Å². The number of hydrogen-bond donors (Lipinski definition) is 0. The summed E-state index contributed by atoms with van der Waals surface area (Å²) < 4.78 is 5.92. The highest BCUT2D eigenvalue weighted by molar-refractivity contribution is 5.94. The summed E-state index contributed by atoms with van der Waals surface area (Å²) in [5, 5.41) is 0. The van der Waals surface area contributed by atoms with E-state index in [1.807, 2.05) is 79.4 Å². The quantitative estimate of drug-likeness (QED) is 0.679. The van der Waals surface area contributed by atoms with Gasteiger partial charge in [-0.1, -0.05) is 35.9 Å². The number of benzene rings is 2. The van der Waals surface area contributed by atoms with Gasteiger partial charge in [0.2, 0.25) is 5.88 Å². The van der Waals surface area contributed by atoms with Crippen molar-refractivity contribution in [3.63, 3.8) is 0 Å². The van der Waals surface area contributed by atoms with E-state index in [0.29, 0.717) is 24.8 Å². The maximum atomic E-state index is 12.6. The van der Waals surface area contributed by atoms with Crippen molar-refractivity contribution in [2.75, 3.05) is 31.1 Å². The van der Waals surface area contributed by atoms with Gasteiger partial charge in [0, 0.05) is 37.8 Å². The minimum absolute atomic E-state index is 0.0764. The van der Waals surface area contributed by atoms with Crippen molar-refractivity contribution < 1.29 is 9.53 Å². The van der Waals surface area contributed by atoms with Crippen LogP contribution in [0.25, 0.3) is 0 Å². The molecule has 1 fully saturated rings. The van der Waals surface area contributed by atoms with Crippen LogP contribution in [0.15, 0.2) is 60.7 Å². The Bertz CT molecular complexity index is 982. The van der Waals surface area contributed by atoms with Crippen LogP contribution in [0.3, 0.4) is 0 Å². The van der Waals surface area contributed by atoms with Gasteiger partial charge in [-0.2, -0.15) is 4.98 Å². The Labute approximate surface area is 170 Å². The van der Waals surface area contributed by atoms with Crippen molar-refractivity contribution in [3.8, 4) is 11.6 Å². The third-order valence-electron chi connectivity index (χ3n) is 4.96. The third kappa shape index (κ3) is 4.54. The molecule has 2 aromatic carbocycles. The predicted molar refractivity (Wildman–Crippen MR) is 113 cm³/mol. The molecule has 1 saturated heterocycles. The first-order valence-electron chi connectivity index (χ1n) is 9.78. The fraction of sp³-hybridized carbons (Fsp3) is 0.261. The van der Waals surface area contributed by atoms with E-state index < -0.39 is 0 Å². The van der Waals surface area contributed by atoms with Gasteiger partial charge in [-0.3, -0.25) is 4.79 Å². The van der Waals surface area contributed by atoms with Crippen molar-refractivity contribution in [2.45, 2.75) is 13.8 Å². The molecular weight excluding hydrogens is 364 g/mol. The van der Waals surface area contributed by atoms with Crippen molar-refractivity contribution in [1.82, 2.24) is 14.9 Å². The largest absolute Gasteiger partial charge is 0.439 e. The zero-order valence-corrected chi connectivity index (χ0v) is 16.7. The van der Waals surface area contributed by atoms with Crippen LogP contribution in [0.4, 0.5) is 5.82 Å². The summed E-state index contributed by atoms with van der Waals surface area (Å²) in [6.07, 6.45) is 0. The number of ether oxygens (including phenoxy) is 1. The lowest BCUT2D eigenvalue weighted by Gasteiger charge is -2.35. The highest BCUT2D eigenvalue weighted by Crippen LogP contribution is 2.24. The molecule has 1 aliphatic heterocycles. The number of nitrogens with zero attached hydrogens (tertiary/aromatic N) is 4. The van der Waals surface area contributed by atoms with Crippen LogP contribution in [0.1, 0.15) is 21.7 Å². The maximum absolute atomic E-state index is 12.6. The molecule has 0 unspecified atom stereocenters. The Kier molecular flexibility index (Phi) is 5.42.